The van der Waals surface area contributed by atoms with Gasteiger partial charge in [-0.15, -0.1) is 5.10 Å². The van der Waals surface area contributed by atoms with Crippen molar-refractivity contribution >= 4 is 23.5 Å². The number of hydrogen-bond donors (Lipinski definition) is 1. The molecule has 6 rings (SSSR count). The van der Waals surface area contributed by atoms with E-state index in [1.165, 1.54) is 23.4 Å². The molecule has 1 atom stereocenters. The van der Waals surface area contributed by atoms with Crippen LogP contribution in [-0.2, 0) is 17.2 Å². The van der Waals surface area contributed by atoms with Gasteiger partial charge in [0.05, 0.1) is 0 Å². The predicted octanol–water partition coefficient (Wildman–Crippen LogP) is 6.62. The number of allylic oxidation sites excluding steroid dienone is 2. The lowest BCUT2D eigenvalue weighted by atomic mass is 9.85. The SMILES string of the molecule is Cc1ccc(COc2cccc(C3C4=C(CCCC4=O)Nc4nc(SCc5ccccc5F)nn43)c2)cc1. The third kappa shape index (κ3) is 4.96. The fraction of sp³-hybridized carbons (Fsp3) is 0.233. The number of benzene rings is 3. The molecule has 8 heteroatoms. The molecule has 6 nitrogen and oxygen atoms in total. The molecule has 4 aromatic rings. The van der Waals surface area contributed by atoms with E-state index in [1.807, 2.05) is 30.3 Å². The zero-order valence-electron chi connectivity index (χ0n) is 21.0. The zero-order chi connectivity index (χ0) is 26.1. The van der Waals surface area contributed by atoms with Crippen LogP contribution in [0.15, 0.2) is 89.2 Å². The summed E-state index contributed by atoms with van der Waals surface area (Å²) >= 11 is 1.37. The van der Waals surface area contributed by atoms with Gasteiger partial charge in [0.1, 0.15) is 24.2 Å². The molecule has 0 radical (unpaired) electrons. The van der Waals surface area contributed by atoms with Gasteiger partial charge in [-0.1, -0.05) is 71.9 Å². The minimum Gasteiger partial charge on any atom is -0.489 e. The number of Topliss-reactive ketones (excluding diaryl/α,β-unsaturated/α-hetero) is 1. The normalized spacial score (nSPS) is 16.6. The molecular weight excluding hydrogens is 499 g/mol. The number of aromatic nitrogens is 3. The average molecular weight is 527 g/mol. The number of nitrogens with one attached hydrogen (secondary N) is 1. The van der Waals surface area contributed by atoms with Gasteiger partial charge in [-0.05, 0) is 54.7 Å². The van der Waals surface area contributed by atoms with E-state index in [-0.39, 0.29) is 11.6 Å². The second-order valence-corrected chi connectivity index (χ2v) is 10.5. The van der Waals surface area contributed by atoms with E-state index in [1.54, 1.807) is 16.8 Å². The maximum atomic E-state index is 14.1. The summed E-state index contributed by atoms with van der Waals surface area (Å²) in [7, 11) is 0. The monoisotopic (exact) mass is 526 g/mol. The number of nitrogens with zero attached hydrogens (tertiary/aromatic N) is 3. The Balaban J connectivity index is 1.30. The molecule has 0 fully saturated rings. The van der Waals surface area contributed by atoms with Gasteiger partial charge < -0.3 is 10.1 Å². The van der Waals surface area contributed by atoms with Gasteiger partial charge in [0.15, 0.2) is 5.78 Å². The van der Waals surface area contributed by atoms with Crippen molar-refractivity contribution in [3.05, 3.63) is 112 Å². The van der Waals surface area contributed by atoms with Crippen LogP contribution in [0.3, 0.4) is 0 Å². The predicted molar refractivity (Wildman–Crippen MR) is 146 cm³/mol. The summed E-state index contributed by atoms with van der Waals surface area (Å²) in [5.74, 6) is 1.60. The van der Waals surface area contributed by atoms with Crippen LogP contribution in [0.2, 0.25) is 0 Å². The topological polar surface area (TPSA) is 69.0 Å². The Kier molecular flexibility index (Phi) is 6.72. The van der Waals surface area contributed by atoms with Crippen molar-refractivity contribution in [2.24, 2.45) is 0 Å². The maximum absolute atomic E-state index is 14.1. The lowest BCUT2D eigenvalue weighted by molar-refractivity contribution is -0.116. The summed E-state index contributed by atoms with van der Waals surface area (Å²) < 4.78 is 22.0. The van der Waals surface area contributed by atoms with Crippen LogP contribution in [0.4, 0.5) is 10.3 Å². The van der Waals surface area contributed by atoms with Gasteiger partial charge in [-0.3, -0.25) is 4.79 Å². The Bertz CT molecular complexity index is 1530. The van der Waals surface area contributed by atoms with Crippen molar-refractivity contribution < 1.29 is 13.9 Å². The first kappa shape index (κ1) is 24.4. The largest absolute Gasteiger partial charge is 0.489 e. The van der Waals surface area contributed by atoms with E-state index < -0.39 is 6.04 Å². The summed E-state index contributed by atoms with van der Waals surface area (Å²) in [5.41, 5.74) is 5.44. The standard InChI is InChI=1S/C30H27FN4O2S/c1-19-12-14-20(15-13-19)17-37-23-8-4-7-21(16-23)28-27-25(10-5-11-26(27)36)32-29-33-30(34-35(28)29)38-18-22-6-2-3-9-24(22)31/h2-4,6-9,12-16,28H,5,10-11,17-18H2,1H3,(H,32,33,34). The number of hydrogen-bond acceptors (Lipinski definition) is 6. The van der Waals surface area contributed by atoms with Gasteiger partial charge in [-0.2, -0.15) is 4.98 Å². The van der Waals surface area contributed by atoms with E-state index >= 15 is 0 Å². The molecule has 1 unspecified atom stereocenters. The second-order valence-electron chi connectivity index (χ2n) is 9.59. The lowest BCUT2D eigenvalue weighted by Gasteiger charge is -2.32. The molecule has 1 aromatic heterocycles. The number of aryl methyl sites for hydroxylation is 1. The van der Waals surface area contributed by atoms with Gasteiger partial charge in [0, 0.05) is 23.4 Å². The van der Waals surface area contributed by atoms with E-state index in [9.17, 15) is 9.18 Å². The van der Waals surface area contributed by atoms with Gasteiger partial charge in [-0.25, -0.2) is 9.07 Å². The highest BCUT2D eigenvalue weighted by Gasteiger charge is 2.37. The van der Waals surface area contributed by atoms with E-state index in [2.05, 4.69) is 36.5 Å². The van der Waals surface area contributed by atoms with Crippen LogP contribution in [-0.4, -0.2) is 20.5 Å². The van der Waals surface area contributed by atoms with Crippen LogP contribution in [0.1, 0.15) is 47.6 Å². The van der Waals surface area contributed by atoms with Crippen molar-refractivity contribution in [2.75, 3.05) is 5.32 Å². The van der Waals surface area contributed by atoms with Gasteiger partial charge >= 0.3 is 0 Å². The number of rotatable bonds is 7. The number of ether oxygens (including phenoxy) is 1. The highest BCUT2D eigenvalue weighted by Crippen LogP contribution is 2.41. The zero-order valence-corrected chi connectivity index (χ0v) is 21.8. The molecule has 0 saturated heterocycles. The average Bonchev–Trinajstić information content (AvgIpc) is 3.34. The fourth-order valence-corrected chi connectivity index (χ4v) is 5.70. The first-order valence-corrected chi connectivity index (χ1v) is 13.7. The summed E-state index contributed by atoms with van der Waals surface area (Å²) in [6.45, 7) is 2.51. The van der Waals surface area contributed by atoms with Crippen molar-refractivity contribution in [2.45, 2.75) is 49.7 Å². The third-order valence-corrected chi connectivity index (χ3v) is 7.75. The fourth-order valence-electron chi connectivity index (χ4n) is 4.89. The van der Waals surface area contributed by atoms with Gasteiger partial charge in [0.25, 0.3) is 0 Å². The summed E-state index contributed by atoms with van der Waals surface area (Å²) in [6, 6.07) is 22.4. The highest BCUT2D eigenvalue weighted by atomic mass is 32.2. The quantitative estimate of drug-likeness (QED) is 0.273. The molecular formula is C30H27FN4O2S. The minimum absolute atomic E-state index is 0.122. The molecule has 3 aromatic carbocycles. The molecule has 1 aliphatic heterocycles. The number of carbonyl (C=O) groups excluding carboxylic acids is 1. The van der Waals surface area contributed by atoms with E-state index in [0.29, 0.717) is 35.4 Å². The molecule has 0 amide bonds. The number of carbonyl (C=O) groups is 1. The molecule has 0 saturated carbocycles. The molecule has 1 aliphatic carbocycles. The molecule has 38 heavy (non-hydrogen) atoms. The molecule has 1 N–H and O–H groups in total. The van der Waals surface area contributed by atoms with Gasteiger partial charge in [0.2, 0.25) is 11.1 Å². The number of thioether (sulfide) groups is 1. The highest BCUT2D eigenvalue weighted by molar-refractivity contribution is 7.98. The lowest BCUT2D eigenvalue weighted by Crippen LogP contribution is -2.31. The summed E-state index contributed by atoms with van der Waals surface area (Å²) in [5, 5.41) is 8.65. The van der Waals surface area contributed by atoms with E-state index in [0.717, 1.165) is 41.0 Å². The number of anilines is 1. The second kappa shape index (κ2) is 10.5. The number of halogens is 1. The Morgan fingerprint density at radius 1 is 1.08 bits per heavy atom. The molecule has 2 heterocycles. The number of ketones is 1. The summed E-state index contributed by atoms with van der Waals surface area (Å²) in [4.78, 5) is 17.9. The van der Waals surface area contributed by atoms with Crippen molar-refractivity contribution in [1.29, 1.82) is 0 Å². The molecule has 192 valence electrons. The third-order valence-electron chi connectivity index (χ3n) is 6.86. The first-order chi connectivity index (χ1) is 18.5. The smallest absolute Gasteiger partial charge is 0.227 e. The van der Waals surface area contributed by atoms with Crippen LogP contribution < -0.4 is 10.1 Å². The van der Waals surface area contributed by atoms with Crippen molar-refractivity contribution in [1.82, 2.24) is 14.8 Å². The summed E-state index contributed by atoms with van der Waals surface area (Å²) in [6.07, 6.45) is 2.10. The Morgan fingerprint density at radius 2 is 1.92 bits per heavy atom. The van der Waals surface area contributed by atoms with E-state index in [4.69, 9.17) is 14.8 Å². The van der Waals surface area contributed by atoms with Crippen LogP contribution >= 0.6 is 11.8 Å². The van der Waals surface area contributed by atoms with Crippen molar-refractivity contribution in [3.63, 3.8) is 0 Å². The minimum atomic E-state index is -0.410. The van der Waals surface area contributed by atoms with Crippen LogP contribution in [0.5, 0.6) is 5.75 Å². The Morgan fingerprint density at radius 3 is 2.76 bits per heavy atom. The Hall–Kier alpha value is -3.91. The maximum Gasteiger partial charge on any atom is 0.227 e. The molecule has 0 bridgehead atoms. The molecule has 2 aliphatic rings. The first-order valence-electron chi connectivity index (χ1n) is 12.7. The van der Waals surface area contributed by atoms with Crippen LogP contribution in [0.25, 0.3) is 0 Å². The van der Waals surface area contributed by atoms with Crippen LogP contribution in [0, 0.1) is 12.7 Å². The number of fused-ring (bicyclic) bond motifs is 1. The molecule has 0 spiro atoms. The van der Waals surface area contributed by atoms with Crippen molar-refractivity contribution in [3.8, 4) is 5.75 Å². The Labute approximate surface area is 224 Å².